The summed E-state index contributed by atoms with van der Waals surface area (Å²) in [5.41, 5.74) is 0. The van der Waals surface area contributed by atoms with Gasteiger partial charge in [-0.2, -0.15) is 0 Å². The zero-order valence-corrected chi connectivity index (χ0v) is 13.2. The topological polar surface area (TPSA) is 117 Å². The summed E-state index contributed by atoms with van der Waals surface area (Å²) >= 11 is 0. The summed E-state index contributed by atoms with van der Waals surface area (Å²) in [4.78, 5) is 45.5. The van der Waals surface area contributed by atoms with Gasteiger partial charge in [-0.3, -0.25) is 19.2 Å². The molecule has 1 heterocycles. The van der Waals surface area contributed by atoms with Crippen molar-refractivity contribution in [2.75, 3.05) is 19.8 Å². The summed E-state index contributed by atoms with van der Waals surface area (Å²) in [6.07, 6.45) is 3.84. The number of carbonyl (C=O) groups excluding carboxylic acids is 4. The van der Waals surface area contributed by atoms with Crippen LogP contribution in [0.15, 0.2) is 11.8 Å². The number of Topliss-reactive ketones (excluding diaryl/α,β-unsaturated/α-hetero) is 1. The molecule has 0 aliphatic carbocycles. The molecule has 0 spiro atoms. The summed E-state index contributed by atoms with van der Waals surface area (Å²) in [6, 6.07) is 0. The molecule has 0 fully saturated rings. The van der Waals surface area contributed by atoms with Crippen molar-refractivity contribution in [1.29, 1.82) is 0 Å². The van der Waals surface area contributed by atoms with Gasteiger partial charge in [0, 0.05) is 13.8 Å². The molecule has 2 atom stereocenters. The van der Waals surface area contributed by atoms with Gasteiger partial charge in [0.1, 0.15) is 19.3 Å². The van der Waals surface area contributed by atoms with Crippen molar-refractivity contribution in [3.05, 3.63) is 11.8 Å². The first-order valence-corrected chi connectivity index (χ1v) is 6.88. The largest absolute Gasteiger partial charge is 0.463 e. The summed E-state index contributed by atoms with van der Waals surface area (Å²) in [5, 5.41) is 2.35. The Labute approximate surface area is 138 Å². The second-order valence-electron chi connectivity index (χ2n) is 4.59. The number of amides is 1. The third kappa shape index (κ3) is 6.60. The molecule has 0 bridgehead atoms. The Morgan fingerprint density at radius 3 is 2.62 bits per heavy atom. The number of ketones is 1. The molecule has 24 heavy (non-hydrogen) atoms. The minimum absolute atomic E-state index is 0.00927. The number of terminal acetylenes is 1. The number of hydrogen-bond donors (Lipinski definition) is 1. The number of carbonyl (C=O) groups is 4. The fourth-order valence-corrected chi connectivity index (χ4v) is 1.62. The lowest BCUT2D eigenvalue weighted by atomic mass is 10.2. The normalized spacial score (nSPS) is 19.7. The molecule has 9 heteroatoms. The maximum atomic E-state index is 12.1. The second kappa shape index (κ2) is 9.44. The smallest absolute Gasteiger partial charge is 0.308 e. The molecule has 0 aromatic rings. The van der Waals surface area contributed by atoms with Crippen molar-refractivity contribution in [2.45, 2.75) is 26.2 Å². The zero-order chi connectivity index (χ0) is 18.1. The Morgan fingerprint density at radius 2 is 2.04 bits per heavy atom. The van der Waals surface area contributed by atoms with E-state index in [4.69, 9.17) is 25.4 Å². The Hall–Kier alpha value is -2.70. The van der Waals surface area contributed by atoms with Crippen LogP contribution in [0.25, 0.3) is 0 Å². The van der Waals surface area contributed by atoms with Gasteiger partial charge in [-0.25, -0.2) is 0 Å². The van der Waals surface area contributed by atoms with E-state index in [9.17, 15) is 19.2 Å². The zero-order valence-electron chi connectivity index (χ0n) is 13.2. The fourth-order valence-electron chi connectivity index (χ4n) is 1.62. The molecule has 0 aromatic carbocycles. The molecule has 1 aliphatic rings. The van der Waals surface area contributed by atoms with Gasteiger partial charge in [-0.05, 0) is 6.08 Å². The fraction of sp³-hybridized carbons (Fsp3) is 0.467. The Kier molecular flexibility index (Phi) is 7.61. The van der Waals surface area contributed by atoms with E-state index in [1.54, 1.807) is 0 Å². The molecule has 0 radical (unpaired) electrons. The molecular weight excluding hydrogens is 322 g/mol. The highest BCUT2D eigenvalue weighted by Gasteiger charge is 2.35. The van der Waals surface area contributed by atoms with Crippen LogP contribution in [0.5, 0.6) is 0 Å². The van der Waals surface area contributed by atoms with E-state index in [0.717, 1.165) is 6.92 Å². The van der Waals surface area contributed by atoms with Crippen LogP contribution in [0.3, 0.4) is 0 Å². The first-order valence-electron chi connectivity index (χ1n) is 6.88. The van der Waals surface area contributed by atoms with Gasteiger partial charge >= 0.3 is 11.9 Å². The lowest BCUT2D eigenvalue weighted by Gasteiger charge is -2.26. The van der Waals surface area contributed by atoms with Crippen LogP contribution >= 0.6 is 0 Å². The van der Waals surface area contributed by atoms with Crippen LogP contribution in [0.1, 0.15) is 13.8 Å². The highest BCUT2D eigenvalue weighted by atomic mass is 16.7. The van der Waals surface area contributed by atoms with Crippen LogP contribution in [0.4, 0.5) is 0 Å². The molecule has 1 aliphatic heterocycles. The monoisotopic (exact) mass is 339 g/mol. The molecule has 0 aromatic heterocycles. The van der Waals surface area contributed by atoms with Crippen molar-refractivity contribution in [3.8, 4) is 12.3 Å². The maximum Gasteiger partial charge on any atom is 0.308 e. The highest BCUT2D eigenvalue weighted by molar-refractivity contribution is 5.98. The third-order valence-electron chi connectivity index (χ3n) is 2.55. The predicted molar refractivity (Wildman–Crippen MR) is 77.9 cm³/mol. The standard InChI is InChI=1S/C15H17NO8/c1-4-5-16-13(19)8-22-15-14(20)12(23-10(3)18)6-11(24-15)7-21-9(2)17/h1,6,11,15H,5,7-8H2,2-3H3,(H,16,19)/t11-,15-/m0/s1. The van der Waals surface area contributed by atoms with Crippen molar-refractivity contribution in [1.82, 2.24) is 5.32 Å². The van der Waals surface area contributed by atoms with Crippen LogP contribution < -0.4 is 5.32 Å². The molecule has 1 amide bonds. The Morgan fingerprint density at radius 1 is 1.33 bits per heavy atom. The van der Waals surface area contributed by atoms with Gasteiger partial charge in [0.15, 0.2) is 5.76 Å². The van der Waals surface area contributed by atoms with Crippen LogP contribution in [0.2, 0.25) is 0 Å². The maximum absolute atomic E-state index is 12.1. The van der Waals surface area contributed by atoms with Gasteiger partial charge < -0.3 is 24.3 Å². The number of esters is 2. The predicted octanol–water partition coefficient (Wildman–Crippen LogP) is -0.943. The lowest BCUT2D eigenvalue weighted by molar-refractivity contribution is -0.191. The number of nitrogens with one attached hydrogen (secondary N) is 1. The minimum atomic E-state index is -1.48. The Balaban J connectivity index is 2.73. The van der Waals surface area contributed by atoms with Crippen molar-refractivity contribution < 1.29 is 38.1 Å². The van der Waals surface area contributed by atoms with Gasteiger partial charge in [-0.1, -0.05) is 5.92 Å². The van der Waals surface area contributed by atoms with Crippen molar-refractivity contribution >= 4 is 23.6 Å². The van der Waals surface area contributed by atoms with Crippen molar-refractivity contribution in [3.63, 3.8) is 0 Å². The molecule has 1 N–H and O–H groups in total. The molecule has 0 saturated carbocycles. The average Bonchev–Trinajstić information content (AvgIpc) is 2.51. The first-order chi connectivity index (χ1) is 11.3. The molecule has 1 rings (SSSR count). The summed E-state index contributed by atoms with van der Waals surface area (Å²) in [7, 11) is 0. The van der Waals surface area contributed by atoms with Gasteiger partial charge in [0.2, 0.25) is 12.2 Å². The summed E-state index contributed by atoms with van der Waals surface area (Å²) in [6.45, 7) is 1.62. The van der Waals surface area contributed by atoms with Gasteiger partial charge in [-0.15, -0.1) is 6.42 Å². The van der Waals surface area contributed by atoms with E-state index in [1.165, 1.54) is 13.0 Å². The minimum Gasteiger partial charge on any atom is -0.463 e. The van der Waals surface area contributed by atoms with Gasteiger partial charge in [0.25, 0.3) is 5.78 Å². The molecule has 0 saturated heterocycles. The number of ether oxygens (including phenoxy) is 4. The van der Waals surface area contributed by atoms with Crippen LogP contribution in [-0.2, 0) is 38.1 Å². The molecule has 130 valence electrons. The molecular formula is C15H17NO8. The SMILES string of the molecule is C#CCNC(=O)CO[C@H]1O[C@H](COC(C)=O)C=C(OC(C)=O)C1=O. The lowest BCUT2D eigenvalue weighted by Crippen LogP contribution is -2.42. The number of hydrogen-bond acceptors (Lipinski definition) is 8. The average molecular weight is 339 g/mol. The third-order valence-corrected chi connectivity index (χ3v) is 2.55. The van der Waals surface area contributed by atoms with Gasteiger partial charge in [0.05, 0.1) is 6.54 Å². The van der Waals surface area contributed by atoms with Crippen molar-refractivity contribution in [2.24, 2.45) is 0 Å². The van der Waals surface area contributed by atoms with Crippen LogP contribution in [0, 0.1) is 12.3 Å². The first kappa shape index (κ1) is 19.3. The van der Waals surface area contributed by atoms with E-state index < -0.39 is 42.6 Å². The van der Waals surface area contributed by atoms with E-state index in [-0.39, 0.29) is 18.9 Å². The van der Waals surface area contributed by atoms with E-state index in [1.807, 2.05) is 0 Å². The Bertz CT molecular complexity index is 589. The van der Waals surface area contributed by atoms with E-state index >= 15 is 0 Å². The molecule has 0 unspecified atom stereocenters. The second-order valence-corrected chi connectivity index (χ2v) is 4.59. The van der Waals surface area contributed by atoms with Crippen LogP contribution in [-0.4, -0.2) is 55.8 Å². The summed E-state index contributed by atoms with van der Waals surface area (Å²) < 4.78 is 19.9. The molecule has 9 nitrogen and oxygen atoms in total. The quantitative estimate of drug-likeness (QED) is 0.466. The number of rotatable bonds is 7. The van der Waals surface area contributed by atoms with E-state index in [0.29, 0.717) is 0 Å². The van der Waals surface area contributed by atoms with E-state index in [2.05, 4.69) is 11.2 Å². The highest BCUT2D eigenvalue weighted by Crippen LogP contribution is 2.18. The summed E-state index contributed by atoms with van der Waals surface area (Å²) in [5.74, 6) is -0.685.